The molecule has 1 amide bonds. The highest BCUT2D eigenvalue weighted by molar-refractivity contribution is 5.98. The molecule has 0 unspecified atom stereocenters. The fourth-order valence-electron chi connectivity index (χ4n) is 4.86. The lowest BCUT2D eigenvalue weighted by Crippen LogP contribution is -2.41. The third-order valence-corrected chi connectivity index (χ3v) is 6.73. The van der Waals surface area contributed by atoms with Crippen LogP contribution in [0.15, 0.2) is 53.6 Å². The summed E-state index contributed by atoms with van der Waals surface area (Å²) in [5.41, 5.74) is 9.26. The molecule has 43 heavy (non-hydrogen) atoms. The van der Waals surface area contributed by atoms with Crippen molar-refractivity contribution in [1.82, 2.24) is 14.5 Å². The Morgan fingerprint density at radius 2 is 1.77 bits per heavy atom. The number of aromatic nitrogens is 2. The minimum absolute atomic E-state index is 0.146. The molecule has 4 N–H and O–H groups in total. The molecule has 2 aliphatic carbocycles. The predicted octanol–water partition coefficient (Wildman–Crippen LogP) is 6.33. The molecule has 0 radical (unpaired) electrons. The Hall–Kier alpha value is -3.56. The van der Waals surface area contributed by atoms with Gasteiger partial charge in [0.05, 0.1) is 11.0 Å². The number of carbonyl (C=O) groups excluding carboxylic acids is 3. The van der Waals surface area contributed by atoms with Crippen LogP contribution in [-0.2, 0) is 16.1 Å². The van der Waals surface area contributed by atoms with Crippen LogP contribution < -0.4 is 11.1 Å². The third-order valence-electron chi connectivity index (χ3n) is 6.73. The maximum absolute atomic E-state index is 13.1. The fourth-order valence-corrected chi connectivity index (χ4v) is 4.86. The van der Waals surface area contributed by atoms with Crippen LogP contribution in [-0.4, -0.2) is 72.3 Å². The normalized spacial score (nSPS) is 13.5. The molecule has 0 spiro atoms. The monoisotopic (exact) mass is 599 g/mol. The standard InChI is InChI=1S/C20H30N4O.C9H10O.C2H6.CH5N.CH4O.CH2O/c1-4-13-24-18-12-11-15(14-17(18)22-20(24)21-3)19(25)23(5-2)16-9-7-6-8-10-16;1-8-3-2-4-9(7-10)6-5-8;4*1-2/h11-12,14,16H,4-10,13H2,1-3H3,(H,21,22);2-3,5-7H,4H2,1H3;1-2H3;2H2,1H3;2H,1H3;1H2. The van der Waals surface area contributed by atoms with Gasteiger partial charge < -0.3 is 30.4 Å². The Labute approximate surface area is 259 Å². The molecule has 2 aromatic rings. The van der Waals surface area contributed by atoms with E-state index in [1.54, 1.807) is 0 Å². The molecular formula is C34H57N5O4. The van der Waals surface area contributed by atoms with Crippen molar-refractivity contribution >= 4 is 36.0 Å². The molecule has 4 rings (SSSR count). The van der Waals surface area contributed by atoms with Crippen LogP contribution in [0.4, 0.5) is 5.95 Å². The largest absolute Gasteiger partial charge is 0.400 e. The second-order valence-electron chi connectivity index (χ2n) is 9.30. The third kappa shape index (κ3) is 13.5. The van der Waals surface area contributed by atoms with E-state index in [1.807, 2.05) is 77.1 Å². The topological polar surface area (TPSA) is 131 Å². The number of carbonyl (C=O) groups is 3. The molecule has 9 nitrogen and oxygen atoms in total. The Balaban J connectivity index is 0. The van der Waals surface area contributed by atoms with Gasteiger partial charge in [-0.25, -0.2) is 4.98 Å². The number of allylic oxidation sites excluding steroid dienone is 6. The van der Waals surface area contributed by atoms with Crippen molar-refractivity contribution in [2.45, 2.75) is 92.2 Å². The fraction of sp³-hybridized carbons (Fsp3) is 0.529. The van der Waals surface area contributed by atoms with E-state index in [2.05, 4.69) is 39.3 Å². The van der Waals surface area contributed by atoms with Crippen LogP contribution in [0.1, 0.15) is 89.9 Å². The number of nitrogens with two attached hydrogens (primary N) is 1. The van der Waals surface area contributed by atoms with Crippen molar-refractivity contribution in [2.24, 2.45) is 5.73 Å². The van der Waals surface area contributed by atoms with E-state index < -0.39 is 0 Å². The summed E-state index contributed by atoms with van der Waals surface area (Å²) in [6.45, 7) is 13.9. The Morgan fingerprint density at radius 3 is 2.30 bits per heavy atom. The van der Waals surface area contributed by atoms with Gasteiger partial charge in [0.15, 0.2) is 0 Å². The number of nitrogens with one attached hydrogen (secondary N) is 1. The number of aliphatic hydroxyl groups excluding tert-OH is 1. The minimum atomic E-state index is 0.146. The van der Waals surface area contributed by atoms with E-state index in [1.165, 1.54) is 31.9 Å². The highest BCUT2D eigenvalue weighted by Gasteiger charge is 2.25. The van der Waals surface area contributed by atoms with Gasteiger partial charge in [-0.1, -0.05) is 69.9 Å². The average Bonchev–Trinajstić information content (AvgIpc) is 3.29. The zero-order valence-electron chi connectivity index (χ0n) is 27.9. The molecule has 0 saturated heterocycles. The van der Waals surface area contributed by atoms with Crippen molar-refractivity contribution < 1.29 is 19.5 Å². The van der Waals surface area contributed by atoms with Crippen molar-refractivity contribution in [2.75, 3.05) is 33.1 Å². The van der Waals surface area contributed by atoms with Gasteiger partial charge in [-0.3, -0.25) is 9.59 Å². The molecule has 9 heteroatoms. The zero-order chi connectivity index (χ0) is 33.2. The lowest BCUT2D eigenvalue weighted by molar-refractivity contribution is -0.105. The van der Waals surface area contributed by atoms with Gasteiger partial charge in [-0.15, -0.1) is 0 Å². The van der Waals surface area contributed by atoms with Gasteiger partial charge in [0.25, 0.3) is 5.91 Å². The van der Waals surface area contributed by atoms with Crippen molar-refractivity contribution in [3.05, 3.63) is 59.2 Å². The molecule has 0 bridgehead atoms. The summed E-state index contributed by atoms with van der Waals surface area (Å²) in [6.07, 6.45) is 16.6. The molecule has 0 atom stereocenters. The van der Waals surface area contributed by atoms with Crippen molar-refractivity contribution in [3.63, 3.8) is 0 Å². The smallest absolute Gasteiger partial charge is 0.254 e. The quantitative estimate of drug-likeness (QED) is 0.317. The van der Waals surface area contributed by atoms with Crippen LogP contribution in [0, 0.1) is 0 Å². The minimum Gasteiger partial charge on any atom is -0.400 e. The van der Waals surface area contributed by atoms with Gasteiger partial charge in [0, 0.05) is 38.9 Å². The molecule has 1 heterocycles. The number of benzene rings is 1. The summed E-state index contributed by atoms with van der Waals surface area (Å²) in [4.78, 5) is 38.1. The Bertz CT molecular complexity index is 1130. The van der Waals surface area contributed by atoms with Gasteiger partial charge in [-0.2, -0.15) is 0 Å². The molecule has 242 valence electrons. The maximum atomic E-state index is 13.1. The number of imidazole rings is 1. The highest BCUT2D eigenvalue weighted by atomic mass is 16.2. The van der Waals surface area contributed by atoms with E-state index in [4.69, 9.17) is 9.90 Å². The second kappa shape index (κ2) is 26.1. The summed E-state index contributed by atoms with van der Waals surface area (Å²) in [6, 6.07) is 6.35. The number of rotatable bonds is 7. The number of hydrogen-bond acceptors (Lipinski definition) is 7. The molecule has 1 aromatic carbocycles. The van der Waals surface area contributed by atoms with Crippen LogP contribution >= 0.6 is 0 Å². The summed E-state index contributed by atoms with van der Waals surface area (Å²) < 4.78 is 2.18. The zero-order valence-corrected chi connectivity index (χ0v) is 27.9. The van der Waals surface area contributed by atoms with Crippen molar-refractivity contribution in [3.8, 4) is 0 Å². The average molecular weight is 600 g/mol. The number of aryl methyl sites for hydroxylation is 1. The van der Waals surface area contributed by atoms with Gasteiger partial charge >= 0.3 is 0 Å². The molecule has 0 aliphatic heterocycles. The number of hydrogen-bond donors (Lipinski definition) is 3. The van der Waals surface area contributed by atoms with E-state index in [0.717, 1.165) is 80.3 Å². The number of anilines is 1. The number of aldehydes is 1. The summed E-state index contributed by atoms with van der Waals surface area (Å²) >= 11 is 0. The number of nitrogens with zero attached hydrogens (tertiary/aromatic N) is 3. The number of aliphatic hydroxyl groups is 1. The first-order chi connectivity index (χ1) is 21.0. The Kier molecular flexibility index (Phi) is 25.2. The first kappa shape index (κ1) is 41.6. The van der Waals surface area contributed by atoms with E-state index in [0.29, 0.717) is 6.04 Å². The summed E-state index contributed by atoms with van der Waals surface area (Å²) in [5, 5.41) is 10.2. The van der Waals surface area contributed by atoms with Gasteiger partial charge in [-0.05, 0) is 70.4 Å². The van der Waals surface area contributed by atoms with Crippen LogP contribution in [0.2, 0.25) is 0 Å². The van der Waals surface area contributed by atoms with Crippen LogP contribution in [0.3, 0.4) is 0 Å². The summed E-state index contributed by atoms with van der Waals surface area (Å²) in [7, 11) is 4.39. The second-order valence-corrected chi connectivity index (χ2v) is 9.30. The first-order valence-electron chi connectivity index (χ1n) is 15.3. The first-order valence-corrected chi connectivity index (χ1v) is 15.3. The maximum Gasteiger partial charge on any atom is 0.254 e. The molecule has 1 fully saturated rings. The van der Waals surface area contributed by atoms with Gasteiger partial charge in [0.1, 0.15) is 13.1 Å². The lowest BCUT2D eigenvalue weighted by atomic mass is 9.93. The number of fused-ring (bicyclic) bond motifs is 1. The van der Waals surface area contributed by atoms with E-state index >= 15 is 0 Å². The summed E-state index contributed by atoms with van der Waals surface area (Å²) in [5.74, 6) is 1.01. The molecule has 1 aromatic heterocycles. The molecule has 2 aliphatic rings. The predicted molar refractivity (Wildman–Crippen MR) is 182 cm³/mol. The van der Waals surface area contributed by atoms with E-state index in [9.17, 15) is 9.59 Å². The molecular weight excluding hydrogens is 542 g/mol. The SMILES string of the molecule is C=O.CC.CC1=CC=C(C=O)CC=C1.CCCn1c(NC)nc2cc(C(=O)N(CC)C3CCCCC3)ccc21.CN.CO. The molecule has 1 saturated carbocycles. The number of amides is 1. The van der Waals surface area contributed by atoms with E-state index in [-0.39, 0.29) is 5.91 Å². The van der Waals surface area contributed by atoms with Crippen LogP contribution in [0.25, 0.3) is 11.0 Å². The van der Waals surface area contributed by atoms with Crippen molar-refractivity contribution in [1.29, 1.82) is 0 Å². The van der Waals surface area contributed by atoms with Crippen LogP contribution in [0.5, 0.6) is 0 Å². The Morgan fingerprint density at radius 1 is 1.14 bits per heavy atom. The highest BCUT2D eigenvalue weighted by Crippen LogP contribution is 2.26. The van der Waals surface area contributed by atoms with Gasteiger partial charge in [0.2, 0.25) is 5.95 Å². The lowest BCUT2D eigenvalue weighted by Gasteiger charge is -2.33.